The molecule has 0 atom stereocenters. The van der Waals surface area contributed by atoms with Crippen LogP contribution in [0, 0.1) is 29.1 Å². The summed E-state index contributed by atoms with van der Waals surface area (Å²) < 4.78 is 80.5. The number of furan rings is 1. The monoisotopic (exact) mass is 494 g/mol. The van der Waals surface area contributed by atoms with Crippen LogP contribution in [0.25, 0.3) is 11.0 Å². The summed E-state index contributed by atoms with van der Waals surface area (Å²) in [6, 6.07) is 12.6. The van der Waals surface area contributed by atoms with Crippen molar-refractivity contribution in [3.8, 4) is 11.5 Å². The van der Waals surface area contributed by atoms with Gasteiger partial charge in [-0.2, -0.15) is 8.78 Å². The van der Waals surface area contributed by atoms with Crippen LogP contribution in [0.1, 0.15) is 10.6 Å². The van der Waals surface area contributed by atoms with E-state index in [1.807, 2.05) is 5.32 Å². The zero-order chi connectivity index (χ0) is 24.4. The number of urea groups is 1. The number of hydrogen-bond donors (Lipinski definition) is 2. The van der Waals surface area contributed by atoms with E-state index in [2.05, 4.69) is 4.72 Å². The molecule has 4 rings (SSSR count). The van der Waals surface area contributed by atoms with E-state index in [9.17, 15) is 31.5 Å². The van der Waals surface area contributed by atoms with Crippen molar-refractivity contribution in [3.63, 3.8) is 0 Å². The van der Waals surface area contributed by atoms with Gasteiger partial charge in [0.1, 0.15) is 11.3 Å². The Morgan fingerprint density at radius 1 is 0.824 bits per heavy atom. The van der Waals surface area contributed by atoms with Gasteiger partial charge in [0, 0.05) is 5.39 Å². The van der Waals surface area contributed by atoms with Gasteiger partial charge in [0.2, 0.25) is 34.8 Å². The summed E-state index contributed by atoms with van der Waals surface area (Å²) in [6.45, 7) is 0. The number of rotatable bonds is 5. The fourth-order valence-corrected chi connectivity index (χ4v) is 3.40. The lowest BCUT2D eigenvalue weighted by molar-refractivity contribution is 0.0940. The van der Waals surface area contributed by atoms with Crippen LogP contribution in [0.5, 0.6) is 11.5 Å². The lowest BCUT2D eigenvalue weighted by atomic mass is 10.2. The quantitative estimate of drug-likeness (QED) is 0.152. The van der Waals surface area contributed by atoms with E-state index in [-0.39, 0.29) is 16.4 Å². The predicted molar refractivity (Wildman–Crippen MR) is 111 cm³/mol. The summed E-state index contributed by atoms with van der Waals surface area (Å²) in [4.78, 5) is 24.4. The molecule has 0 fully saturated rings. The van der Waals surface area contributed by atoms with Gasteiger partial charge in [-0.1, -0.05) is 30.3 Å². The van der Waals surface area contributed by atoms with Gasteiger partial charge in [0.15, 0.2) is 5.76 Å². The molecule has 6 nitrogen and oxygen atoms in total. The Labute approximate surface area is 191 Å². The molecule has 2 N–H and O–H groups in total. The number of benzene rings is 3. The second-order valence-corrected chi connectivity index (χ2v) is 7.43. The number of para-hydroxylation sites is 2. The lowest BCUT2D eigenvalue weighted by Crippen LogP contribution is -2.36. The van der Waals surface area contributed by atoms with E-state index in [1.54, 1.807) is 24.3 Å². The summed E-state index contributed by atoms with van der Waals surface area (Å²) in [6.07, 6.45) is 0. The Hall–Kier alpha value is -4.06. The molecule has 1 heterocycles. The number of amides is 3. The standard InChI is InChI=1S/C22H11F5N2O4S/c23-15-16(24)18(26)20(19(27)17(15)25)33-12-7-3-4-8-14(12)34-29-22(31)28-21(30)13-9-10-5-1-2-6-11(10)32-13/h1-9H,(H2,28,29,30,31). The molecule has 1 aromatic heterocycles. The van der Waals surface area contributed by atoms with E-state index in [4.69, 9.17) is 9.15 Å². The number of nitrogens with one attached hydrogen (secondary N) is 2. The van der Waals surface area contributed by atoms with Crippen LogP contribution in [0.3, 0.4) is 0 Å². The average Bonchev–Trinajstić information content (AvgIpc) is 3.28. The SMILES string of the molecule is O=C(NSc1ccccc1Oc1c(F)c(F)c(F)c(F)c1F)NC(=O)c1cc2ccccc2o1. The van der Waals surface area contributed by atoms with Gasteiger partial charge in [-0.15, -0.1) is 0 Å². The maximum absolute atomic E-state index is 13.9. The Kier molecular flexibility index (Phi) is 6.41. The first-order valence-electron chi connectivity index (χ1n) is 9.31. The van der Waals surface area contributed by atoms with Gasteiger partial charge >= 0.3 is 6.03 Å². The molecule has 0 spiro atoms. The maximum Gasteiger partial charge on any atom is 0.332 e. The summed E-state index contributed by atoms with van der Waals surface area (Å²) in [5.41, 5.74) is 0.446. The van der Waals surface area contributed by atoms with Crippen molar-refractivity contribution in [1.29, 1.82) is 0 Å². The van der Waals surface area contributed by atoms with Crippen molar-refractivity contribution in [3.05, 3.63) is 89.4 Å². The first-order valence-corrected chi connectivity index (χ1v) is 10.1. The lowest BCUT2D eigenvalue weighted by Gasteiger charge is -2.13. The van der Waals surface area contributed by atoms with E-state index < -0.39 is 46.8 Å². The molecule has 0 unspecified atom stereocenters. The molecule has 0 aliphatic heterocycles. The minimum atomic E-state index is -2.32. The zero-order valence-corrected chi connectivity index (χ0v) is 17.4. The van der Waals surface area contributed by atoms with E-state index in [0.717, 1.165) is 0 Å². The van der Waals surface area contributed by atoms with Gasteiger partial charge in [-0.3, -0.25) is 14.8 Å². The predicted octanol–water partition coefficient (Wildman–Crippen LogP) is 6.07. The third kappa shape index (κ3) is 4.53. The molecule has 3 amide bonds. The Morgan fingerprint density at radius 3 is 2.15 bits per heavy atom. The molecule has 4 aromatic rings. The number of halogens is 5. The highest BCUT2D eigenvalue weighted by atomic mass is 32.2. The van der Waals surface area contributed by atoms with Gasteiger partial charge < -0.3 is 9.15 Å². The Bertz CT molecular complexity index is 1360. The average molecular weight is 494 g/mol. The fourth-order valence-electron chi connectivity index (χ4n) is 2.79. The first kappa shape index (κ1) is 23.1. The third-order valence-electron chi connectivity index (χ3n) is 4.36. The highest BCUT2D eigenvalue weighted by Gasteiger charge is 2.28. The molecular weight excluding hydrogens is 483 g/mol. The van der Waals surface area contributed by atoms with Crippen molar-refractivity contribution in [2.24, 2.45) is 0 Å². The van der Waals surface area contributed by atoms with Crippen LogP contribution in [0.4, 0.5) is 26.7 Å². The number of imide groups is 1. The Balaban J connectivity index is 1.46. The van der Waals surface area contributed by atoms with Crippen molar-refractivity contribution in [2.45, 2.75) is 4.90 Å². The van der Waals surface area contributed by atoms with Crippen LogP contribution in [-0.4, -0.2) is 11.9 Å². The Morgan fingerprint density at radius 2 is 1.44 bits per heavy atom. The first-order chi connectivity index (χ1) is 16.3. The summed E-state index contributed by atoms with van der Waals surface area (Å²) in [5, 5.41) is 2.69. The smallest absolute Gasteiger partial charge is 0.332 e. The summed E-state index contributed by atoms with van der Waals surface area (Å²) in [5.74, 6) is -13.7. The second-order valence-electron chi connectivity index (χ2n) is 6.58. The zero-order valence-electron chi connectivity index (χ0n) is 16.6. The number of ether oxygens (including phenoxy) is 1. The number of carbonyl (C=O) groups excluding carboxylic acids is 2. The molecule has 0 aliphatic rings. The van der Waals surface area contributed by atoms with Crippen LogP contribution < -0.4 is 14.8 Å². The van der Waals surface area contributed by atoms with Crippen LogP contribution in [-0.2, 0) is 0 Å². The molecule has 3 aromatic carbocycles. The van der Waals surface area contributed by atoms with Crippen molar-refractivity contribution in [2.75, 3.05) is 0 Å². The number of fused-ring (bicyclic) bond motifs is 1. The van der Waals surface area contributed by atoms with Gasteiger partial charge in [0.25, 0.3) is 5.91 Å². The molecule has 0 radical (unpaired) electrons. The largest absolute Gasteiger partial charge is 0.451 e. The highest BCUT2D eigenvalue weighted by molar-refractivity contribution is 7.98. The third-order valence-corrected chi connectivity index (χ3v) is 5.21. The van der Waals surface area contributed by atoms with Crippen LogP contribution in [0.2, 0.25) is 0 Å². The van der Waals surface area contributed by atoms with E-state index in [1.165, 1.54) is 30.3 Å². The molecule has 0 aliphatic carbocycles. The van der Waals surface area contributed by atoms with E-state index in [0.29, 0.717) is 22.9 Å². The summed E-state index contributed by atoms with van der Waals surface area (Å²) >= 11 is 0.564. The maximum atomic E-state index is 13.9. The molecular formula is C22H11F5N2O4S. The van der Waals surface area contributed by atoms with Crippen molar-refractivity contribution >= 4 is 34.9 Å². The number of hydrogen-bond acceptors (Lipinski definition) is 5. The highest BCUT2D eigenvalue weighted by Crippen LogP contribution is 2.36. The van der Waals surface area contributed by atoms with Crippen LogP contribution >= 0.6 is 11.9 Å². The van der Waals surface area contributed by atoms with Gasteiger partial charge in [-0.25, -0.2) is 18.0 Å². The van der Waals surface area contributed by atoms with Gasteiger partial charge in [-0.05, 0) is 36.2 Å². The van der Waals surface area contributed by atoms with Crippen LogP contribution in [0.15, 0.2) is 63.9 Å². The molecule has 12 heteroatoms. The second kappa shape index (κ2) is 9.43. The van der Waals surface area contributed by atoms with Crippen molar-refractivity contribution in [1.82, 2.24) is 10.0 Å². The fraction of sp³-hybridized carbons (Fsp3) is 0. The molecule has 0 bridgehead atoms. The van der Waals surface area contributed by atoms with E-state index >= 15 is 0 Å². The summed E-state index contributed by atoms with van der Waals surface area (Å²) in [7, 11) is 0. The molecule has 174 valence electrons. The van der Waals surface area contributed by atoms with Gasteiger partial charge in [0.05, 0.1) is 4.90 Å². The molecule has 34 heavy (non-hydrogen) atoms. The molecule has 0 saturated carbocycles. The minimum absolute atomic E-state index is 0.0396. The normalized spacial score (nSPS) is 10.9. The number of carbonyl (C=O) groups is 2. The minimum Gasteiger partial charge on any atom is -0.451 e. The van der Waals surface area contributed by atoms with Crippen molar-refractivity contribution < 1.29 is 40.7 Å². The molecule has 0 saturated heterocycles. The topological polar surface area (TPSA) is 80.6 Å².